The van der Waals surface area contributed by atoms with Crippen LogP contribution < -0.4 is 10.0 Å². The van der Waals surface area contributed by atoms with Crippen LogP contribution in [-0.2, 0) is 14.8 Å². The van der Waals surface area contributed by atoms with E-state index in [9.17, 15) is 18.0 Å². The van der Waals surface area contributed by atoms with E-state index in [1.54, 1.807) is 38.4 Å². The quantitative estimate of drug-likeness (QED) is 0.781. The van der Waals surface area contributed by atoms with Crippen molar-refractivity contribution in [1.29, 1.82) is 0 Å². The molecule has 0 saturated carbocycles. The number of carbonyl (C=O) groups is 2. The monoisotopic (exact) mass is 395 g/mol. The van der Waals surface area contributed by atoms with Crippen LogP contribution in [0.3, 0.4) is 0 Å². The molecule has 7 nitrogen and oxygen atoms in total. The molecule has 2 aromatic rings. The Labute approximate surface area is 157 Å². The first-order valence-corrected chi connectivity index (χ1v) is 9.42. The van der Waals surface area contributed by atoms with Gasteiger partial charge in [0.25, 0.3) is 15.9 Å². The number of benzene rings is 2. The molecule has 0 aromatic heterocycles. The average molecular weight is 396 g/mol. The fourth-order valence-electron chi connectivity index (χ4n) is 1.95. The van der Waals surface area contributed by atoms with Crippen molar-refractivity contribution in [3.05, 3.63) is 59.1 Å². The molecule has 0 unspecified atom stereocenters. The number of rotatable bonds is 6. The molecule has 0 aliphatic carbocycles. The van der Waals surface area contributed by atoms with Gasteiger partial charge in [-0.2, -0.15) is 0 Å². The highest BCUT2D eigenvalue weighted by atomic mass is 35.5. The van der Waals surface area contributed by atoms with Crippen LogP contribution >= 0.6 is 11.6 Å². The van der Waals surface area contributed by atoms with E-state index in [2.05, 4.69) is 10.0 Å². The molecule has 2 amide bonds. The molecule has 9 heteroatoms. The van der Waals surface area contributed by atoms with Crippen LogP contribution in [0, 0.1) is 0 Å². The van der Waals surface area contributed by atoms with Gasteiger partial charge in [-0.1, -0.05) is 23.7 Å². The van der Waals surface area contributed by atoms with Crippen LogP contribution in [-0.4, -0.2) is 45.8 Å². The van der Waals surface area contributed by atoms with E-state index in [-0.39, 0.29) is 33.6 Å². The van der Waals surface area contributed by atoms with E-state index in [4.69, 9.17) is 11.6 Å². The predicted octanol–water partition coefficient (Wildman–Crippen LogP) is 1.96. The number of nitrogens with zero attached hydrogens (tertiary/aromatic N) is 1. The number of halogens is 1. The van der Waals surface area contributed by atoms with Gasteiger partial charge in [0.2, 0.25) is 5.91 Å². The van der Waals surface area contributed by atoms with Crippen LogP contribution in [0.5, 0.6) is 0 Å². The Morgan fingerprint density at radius 1 is 1.04 bits per heavy atom. The van der Waals surface area contributed by atoms with Crippen LogP contribution in [0.15, 0.2) is 53.4 Å². The van der Waals surface area contributed by atoms with Crippen LogP contribution in [0.2, 0.25) is 5.02 Å². The van der Waals surface area contributed by atoms with Gasteiger partial charge in [-0.05, 0) is 36.4 Å². The molecule has 2 N–H and O–H groups in total. The van der Waals surface area contributed by atoms with Crippen molar-refractivity contribution < 1.29 is 18.0 Å². The van der Waals surface area contributed by atoms with Crippen LogP contribution in [0.25, 0.3) is 0 Å². The third kappa shape index (κ3) is 4.96. The zero-order valence-corrected chi connectivity index (χ0v) is 15.8. The van der Waals surface area contributed by atoms with E-state index in [1.165, 1.54) is 29.2 Å². The van der Waals surface area contributed by atoms with Crippen LogP contribution in [0.1, 0.15) is 10.4 Å². The summed E-state index contributed by atoms with van der Waals surface area (Å²) in [5.41, 5.74) is 0.506. The lowest BCUT2D eigenvalue weighted by Gasteiger charge is -2.12. The minimum atomic E-state index is -3.84. The van der Waals surface area contributed by atoms with Gasteiger partial charge < -0.3 is 10.2 Å². The number of amides is 2. The molecule has 138 valence electrons. The molecular weight excluding hydrogens is 378 g/mol. The maximum absolute atomic E-state index is 12.4. The van der Waals surface area contributed by atoms with Crippen molar-refractivity contribution in [2.24, 2.45) is 0 Å². The van der Waals surface area contributed by atoms with E-state index in [0.29, 0.717) is 0 Å². The Balaban J connectivity index is 2.09. The van der Waals surface area contributed by atoms with Crippen molar-refractivity contribution in [2.45, 2.75) is 4.90 Å². The lowest BCUT2D eigenvalue weighted by molar-refractivity contribution is -0.127. The third-order valence-electron chi connectivity index (χ3n) is 3.44. The first-order valence-electron chi connectivity index (χ1n) is 7.56. The van der Waals surface area contributed by atoms with Gasteiger partial charge in [-0.25, -0.2) is 8.42 Å². The van der Waals surface area contributed by atoms with Crippen molar-refractivity contribution >= 4 is 39.1 Å². The first-order chi connectivity index (χ1) is 12.2. The van der Waals surface area contributed by atoms with Gasteiger partial charge >= 0.3 is 0 Å². The van der Waals surface area contributed by atoms with Crippen molar-refractivity contribution in [2.75, 3.05) is 25.4 Å². The summed E-state index contributed by atoms with van der Waals surface area (Å²) in [6.07, 6.45) is 0. The summed E-state index contributed by atoms with van der Waals surface area (Å²) in [4.78, 5) is 24.8. The second-order valence-corrected chi connectivity index (χ2v) is 7.67. The summed E-state index contributed by atoms with van der Waals surface area (Å²) < 4.78 is 27.2. The number of anilines is 1. The summed E-state index contributed by atoms with van der Waals surface area (Å²) in [5.74, 6) is -0.718. The third-order valence-corrected chi connectivity index (χ3v) is 5.15. The first kappa shape index (κ1) is 19.7. The smallest absolute Gasteiger partial charge is 0.261 e. The molecule has 0 bridgehead atoms. The number of sulfonamides is 1. The summed E-state index contributed by atoms with van der Waals surface area (Å²) in [6, 6.07) is 11.8. The molecule has 0 aliphatic rings. The standard InChI is InChI=1S/C17H18ClN3O4S/c1-21(2)16(22)11-19-17(23)12-7-9-13(10-8-12)26(24,25)20-15-6-4-3-5-14(15)18/h3-10,20H,11H2,1-2H3,(H,19,23). The second-order valence-electron chi connectivity index (χ2n) is 5.58. The van der Waals surface area contributed by atoms with Crippen LogP contribution in [0.4, 0.5) is 5.69 Å². The van der Waals surface area contributed by atoms with E-state index >= 15 is 0 Å². The number of carbonyl (C=O) groups excluding carboxylic acids is 2. The van der Waals surface area contributed by atoms with E-state index in [1.807, 2.05) is 0 Å². The van der Waals surface area contributed by atoms with Gasteiger partial charge in [-0.3, -0.25) is 14.3 Å². The number of para-hydroxylation sites is 1. The highest BCUT2D eigenvalue weighted by Crippen LogP contribution is 2.24. The molecule has 0 fully saturated rings. The van der Waals surface area contributed by atoms with Crippen molar-refractivity contribution in [3.63, 3.8) is 0 Å². The zero-order chi connectivity index (χ0) is 19.3. The number of hydrogen-bond acceptors (Lipinski definition) is 4. The normalized spacial score (nSPS) is 10.9. The Bertz CT molecular complexity index is 912. The SMILES string of the molecule is CN(C)C(=O)CNC(=O)c1ccc(S(=O)(=O)Nc2ccccc2Cl)cc1. The molecule has 0 heterocycles. The lowest BCUT2D eigenvalue weighted by atomic mass is 10.2. The minimum absolute atomic E-state index is 0.0154. The second kappa shape index (κ2) is 8.20. The summed E-state index contributed by atoms with van der Waals surface area (Å²) >= 11 is 5.96. The predicted molar refractivity (Wildman–Crippen MR) is 99.7 cm³/mol. The van der Waals surface area contributed by atoms with Gasteiger partial charge in [0.1, 0.15) is 0 Å². The number of nitrogens with one attached hydrogen (secondary N) is 2. The molecule has 2 aromatic carbocycles. The lowest BCUT2D eigenvalue weighted by Crippen LogP contribution is -2.36. The Morgan fingerprint density at radius 3 is 2.23 bits per heavy atom. The molecule has 26 heavy (non-hydrogen) atoms. The van der Waals surface area contributed by atoms with E-state index < -0.39 is 15.9 Å². The van der Waals surface area contributed by atoms with Crippen molar-refractivity contribution in [1.82, 2.24) is 10.2 Å². The molecule has 0 spiro atoms. The summed E-state index contributed by atoms with van der Waals surface area (Å²) in [6.45, 7) is -0.139. The van der Waals surface area contributed by atoms with Crippen molar-refractivity contribution in [3.8, 4) is 0 Å². The summed E-state index contributed by atoms with van der Waals surface area (Å²) in [5, 5.41) is 2.75. The Hall–Kier alpha value is -2.58. The largest absolute Gasteiger partial charge is 0.347 e. The Morgan fingerprint density at radius 2 is 1.65 bits per heavy atom. The highest BCUT2D eigenvalue weighted by molar-refractivity contribution is 7.92. The molecular formula is C17H18ClN3O4S. The summed E-state index contributed by atoms with van der Waals surface area (Å²) in [7, 11) is -0.675. The van der Waals surface area contributed by atoms with Gasteiger partial charge in [-0.15, -0.1) is 0 Å². The van der Waals surface area contributed by atoms with Gasteiger partial charge in [0.05, 0.1) is 22.2 Å². The van der Waals surface area contributed by atoms with Gasteiger partial charge in [0, 0.05) is 19.7 Å². The zero-order valence-electron chi connectivity index (χ0n) is 14.2. The molecule has 0 saturated heterocycles. The number of hydrogen-bond donors (Lipinski definition) is 2. The molecule has 0 atom stereocenters. The van der Waals surface area contributed by atoms with E-state index in [0.717, 1.165) is 0 Å². The van der Waals surface area contributed by atoms with Gasteiger partial charge in [0.15, 0.2) is 0 Å². The molecule has 0 aliphatic heterocycles. The fourth-order valence-corrected chi connectivity index (χ4v) is 3.27. The number of likely N-dealkylation sites (N-methyl/N-ethyl adjacent to an activating group) is 1. The Kier molecular flexibility index (Phi) is 6.23. The maximum atomic E-state index is 12.4. The topological polar surface area (TPSA) is 95.6 Å². The fraction of sp³-hybridized carbons (Fsp3) is 0.176. The minimum Gasteiger partial charge on any atom is -0.347 e. The highest BCUT2D eigenvalue weighted by Gasteiger charge is 2.17. The molecule has 0 radical (unpaired) electrons. The average Bonchev–Trinajstić information content (AvgIpc) is 2.61. The molecule has 2 rings (SSSR count). The maximum Gasteiger partial charge on any atom is 0.261 e.